The zero-order valence-electron chi connectivity index (χ0n) is 24.7. The molecule has 4 nitrogen and oxygen atoms in total. The zero-order chi connectivity index (χ0) is 29.5. The van der Waals surface area contributed by atoms with Gasteiger partial charge in [0.25, 0.3) is 0 Å². The number of benzene rings is 4. The summed E-state index contributed by atoms with van der Waals surface area (Å²) in [4.78, 5) is 0. The highest BCUT2D eigenvalue weighted by Crippen LogP contribution is 2.44. The molecule has 1 saturated heterocycles. The summed E-state index contributed by atoms with van der Waals surface area (Å²) in [5.41, 5.74) is 6.53. The second kappa shape index (κ2) is 13.2. The molecule has 0 amide bonds. The Morgan fingerprint density at radius 3 is 1.74 bits per heavy atom. The largest absolute Gasteiger partial charge is 0.374 e. The van der Waals surface area contributed by atoms with Crippen molar-refractivity contribution in [1.82, 2.24) is 0 Å². The monoisotopic (exact) mass is 576 g/mol. The van der Waals surface area contributed by atoms with E-state index in [-0.39, 0.29) is 12.7 Å². The van der Waals surface area contributed by atoms with Crippen molar-refractivity contribution >= 4 is 8.07 Å². The molecule has 1 N–H and O–H groups in total. The van der Waals surface area contributed by atoms with Crippen LogP contribution < -0.4 is 0 Å². The molecule has 0 bridgehead atoms. The molecule has 216 valence electrons. The summed E-state index contributed by atoms with van der Waals surface area (Å²) in [6.07, 6.45) is -0.0160. The van der Waals surface area contributed by atoms with Crippen molar-refractivity contribution in [3.8, 4) is 11.5 Å². The van der Waals surface area contributed by atoms with Gasteiger partial charge in [-0.25, -0.2) is 0 Å². The van der Waals surface area contributed by atoms with Crippen LogP contribution in [0.1, 0.15) is 35.1 Å². The van der Waals surface area contributed by atoms with E-state index in [2.05, 4.69) is 67.5 Å². The molecule has 5 heteroatoms. The molecule has 42 heavy (non-hydrogen) atoms. The lowest BCUT2D eigenvalue weighted by molar-refractivity contribution is -0.271. The van der Waals surface area contributed by atoms with Gasteiger partial charge in [0.1, 0.15) is 19.8 Å². The van der Waals surface area contributed by atoms with Crippen molar-refractivity contribution in [3.05, 3.63) is 144 Å². The van der Waals surface area contributed by atoms with Crippen LogP contribution in [0.5, 0.6) is 0 Å². The number of rotatable bonds is 9. The van der Waals surface area contributed by atoms with Crippen LogP contribution in [0.2, 0.25) is 19.6 Å². The van der Waals surface area contributed by atoms with Crippen LogP contribution in [0.25, 0.3) is 0 Å². The minimum Gasteiger partial charge on any atom is -0.374 e. The summed E-state index contributed by atoms with van der Waals surface area (Å²) in [7, 11) is -1.73. The highest BCUT2D eigenvalue weighted by molar-refractivity contribution is 6.83. The van der Waals surface area contributed by atoms with E-state index in [1.165, 1.54) is 0 Å². The van der Waals surface area contributed by atoms with E-state index < -0.39 is 25.6 Å². The molecule has 4 aromatic carbocycles. The lowest BCUT2D eigenvalue weighted by Crippen LogP contribution is -2.52. The minimum atomic E-state index is -1.73. The average molecular weight is 577 g/mol. The lowest BCUT2D eigenvalue weighted by Gasteiger charge is -2.45. The first-order valence-electron chi connectivity index (χ1n) is 14.7. The van der Waals surface area contributed by atoms with E-state index in [4.69, 9.17) is 14.2 Å². The van der Waals surface area contributed by atoms with Gasteiger partial charge >= 0.3 is 0 Å². The maximum atomic E-state index is 11.5. The minimum absolute atomic E-state index is 0.255. The van der Waals surface area contributed by atoms with E-state index in [1.54, 1.807) is 0 Å². The highest BCUT2D eigenvalue weighted by atomic mass is 28.3. The van der Waals surface area contributed by atoms with Gasteiger partial charge in [-0.05, 0) is 34.6 Å². The maximum Gasteiger partial charge on any atom is 0.230 e. The SMILES string of the molecule is C[Si](C)(C)C#CC1(O)CC[C@@H](OC(c2ccccc2)(c2ccccc2)c2ccccc2)[C@@H](COCc2ccccc2)O1. The average Bonchev–Trinajstić information content (AvgIpc) is 3.01. The molecule has 0 radical (unpaired) electrons. The van der Waals surface area contributed by atoms with Crippen molar-refractivity contribution in [2.24, 2.45) is 0 Å². The van der Waals surface area contributed by atoms with Crippen LogP contribution in [0.3, 0.4) is 0 Å². The fourth-order valence-corrected chi connectivity index (χ4v) is 5.95. The number of ether oxygens (including phenoxy) is 3. The summed E-state index contributed by atoms with van der Waals surface area (Å²) in [5.74, 6) is 1.54. The summed E-state index contributed by atoms with van der Waals surface area (Å²) >= 11 is 0. The first-order valence-corrected chi connectivity index (χ1v) is 18.2. The molecule has 4 aromatic rings. The molecule has 0 aliphatic carbocycles. The van der Waals surface area contributed by atoms with E-state index >= 15 is 0 Å². The Hall–Kier alpha value is -3.50. The van der Waals surface area contributed by atoms with Gasteiger partial charge in [0.05, 0.1) is 19.3 Å². The molecule has 1 fully saturated rings. The van der Waals surface area contributed by atoms with Crippen molar-refractivity contribution in [2.45, 2.75) is 62.7 Å². The molecule has 3 atom stereocenters. The van der Waals surface area contributed by atoms with Crippen molar-refractivity contribution < 1.29 is 19.3 Å². The molecule has 1 aliphatic heterocycles. The van der Waals surface area contributed by atoms with Crippen LogP contribution >= 0.6 is 0 Å². The van der Waals surface area contributed by atoms with Gasteiger partial charge in [0.2, 0.25) is 5.79 Å². The molecule has 0 spiro atoms. The van der Waals surface area contributed by atoms with Gasteiger partial charge in [0.15, 0.2) is 0 Å². The predicted molar refractivity (Wildman–Crippen MR) is 170 cm³/mol. The summed E-state index contributed by atoms with van der Waals surface area (Å²) in [6, 6.07) is 41.1. The zero-order valence-corrected chi connectivity index (χ0v) is 25.7. The van der Waals surface area contributed by atoms with Gasteiger partial charge in [-0.1, -0.05) is 141 Å². The van der Waals surface area contributed by atoms with Gasteiger partial charge in [-0.3, -0.25) is 0 Å². The van der Waals surface area contributed by atoms with Crippen LogP contribution in [0.4, 0.5) is 0 Å². The standard InChI is InChI=1S/C37H40O4Si/c1-42(2,3)27-26-36(38)25-24-34(35(40-36)29-39-28-30-16-8-4-9-17-30)41-37(31-18-10-5-11-19-31,32-20-12-6-13-21-32)33-22-14-7-15-23-33/h4-23,34-35,38H,24-25,28-29H2,1-3H3/t34-,35-,36?/m1/s1. The van der Waals surface area contributed by atoms with Gasteiger partial charge < -0.3 is 19.3 Å². The Labute approximate surface area is 251 Å². The molecule has 1 unspecified atom stereocenters. The van der Waals surface area contributed by atoms with Gasteiger partial charge in [0, 0.05) is 6.42 Å². The molecular weight excluding hydrogens is 536 g/mol. The van der Waals surface area contributed by atoms with Gasteiger partial charge in [-0.2, -0.15) is 0 Å². The molecule has 1 aliphatic rings. The van der Waals surface area contributed by atoms with E-state index in [0.717, 1.165) is 22.3 Å². The first kappa shape index (κ1) is 30.0. The van der Waals surface area contributed by atoms with E-state index in [9.17, 15) is 5.11 Å². The predicted octanol–water partition coefficient (Wildman–Crippen LogP) is 7.33. The van der Waals surface area contributed by atoms with Crippen molar-refractivity contribution in [1.29, 1.82) is 0 Å². The third kappa shape index (κ3) is 7.28. The quantitative estimate of drug-likeness (QED) is 0.129. The van der Waals surface area contributed by atoms with Crippen molar-refractivity contribution in [3.63, 3.8) is 0 Å². The van der Waals surface area contributed by atoms with Gasteiger partial charge in [-0.15, -0.1) is 5.54 Å². The van der Waals surface area contributed by atoms with E-state index in [1.807, 2.05) is 84.9 Å². The van der Waals surface area contributed by atoms with Crippen LogP contribution in [-0.2, 0) is 26.4 Å². The highest BCUT2D eigenvalue weighted by Gasteiger charge is 2.46. The number of hydrogen-bond acceptors (Lipinski definition) is 4. The second-order valence-corrected chi connectivity index (χ2v) is 16.7. The fraction of sp³-hybridized carbons (Fsp3) is 0.297. The Morgan fingerprint density at radius 1 is 0.786 bits per heavy atom. The van der Waals surface area contributed by atoms with Crippen molar-refractivity contribution in [2.75, 3.05) is 6.61 Å². The normalized spacial score (nSPS) is 20.9. The Balaban J connectivity index is 1.53. The Bertz CT molecular complexity index is 1360. The maximum absolute atomic E-state index is 11.5. The summed E-state index contributed by atoms with van der Waals surface area (Å²) in [5, 5.41) is 11.5. The Morgan fingerprint density at radius 2 is 1.26 bits per heavy atom. The fourth-order valence-electron chi connectivity index (χ4n) is 5.38. The summed E-state index contributed by atoms with van der Waals surface area (Å²) in [6.45, 7) is 7.17. The van der Waals surface area contributed by atoms with Crippen LogP contribution in [-0.4, -0.2) is 37.8 Å². The number of aliphatic hydroxyl groups is 1. The van der Waals surface area contributed by atoms with Crippen LogP contribution in [0.15, 0.2) is 121 Å². The smallest absolute Gasteiger partial charge is 0.230 e. The molecule has 0 saturated carbocycles. The topological polar surface area (TPSA) is 47.9 Å². The van der Waals surface area contributed by atoms with Crippen LogP contribution in [0, 0.1) is 11.5 Å². The van der Waals surface area contributed by atoms with E-state index in [0.29, 0.717) is 19.4 Å². The Kier molecular flexibility index (Phi) is 9.42. The first-order chi connectivity index (χ1) is 20.3. The third-order valence-electron chi connectivity index (χ3n) is 7.42. The summed E-state index contributed by atoms with van der Waals surface area (Å²) < 4.78 is 20.0. The second-order valence-electron chi connectivity index (χ2n) is 11.9. The lowest BCUT2D eigenvalue weighted by atomic mass is 9.79. The molecule has 0 aromatic heterocycles. The third-order valence-corrected chi connectivity index (χ3v) is 8.30. The molecular formula is C37H40O4Si. The molecule has 5 rings (SSSR count). The molecule has 1 heterocycles. The number of hydrogen-bond donors (Lipinski definition) is 1.